The molecule has 0 spiro atoms. The van der Waals surface area contributed by atoms with E-state index in [9.17, 15) is 19.2 Å². The van der Waals surface area contributed by atoms with Gasteiger partial charge in [-0.25, -0.2) is 4.98 Å². The van der Waals surface area contributed by atoms with E-state index in [2.05, 4.69) is 20.8 Å². The third-order valence-electron chi connectivity index (χ3n) is 8.22. The fraction of sp³-hybridized carbons (Fsp3) is 0.515. The van der Waals surface area contributed by atoms with Crippen LogP contribution in [0.2, 0.25) is 0 Å². The Bertz CT molecular complexity index is 1570. The number of nitrogens with zero attached hydrogens (tertiary/aromatic N) is 4. The molecular weight excluding hydrogens is 624 g/mol. The van der Waals surface area contributed by atoms with Gasteiger partial charge in [0.2, 0.25) is 11.8 Å². The van der Waals surface area contributed by atoms with E-state index in [1.807, 2.05) is 19.2 Å². The lowest BCUT2D eigenvalue weighted by molar-refractivity contribution is -0.130. The van der Waals surface area contributed by atoms with Crippen molar-refractivity contribution in [1.82, 2.24) is 30.6 Å². The molecule has 3 aromatic rings. The standard InChI is InChI=1S/C33H42N6O7S/c1-4-8-24-17-26(37-46-24)33(43)39-19-25-18-27(39)32(42)35-11-5-6-13-38(30(40)16-23-20-47-21(2)36-23)14-7-12-34-31(41)22-9-10-28(44-3)29(15-22)45-25/h9-10,15,17,20,25,27H,4-8,11-14,16,18-19H2,1-3H3,(H,34,41)(H,35,42)/t25-,27-/m0/s1. The predicted octanol–water partition coefficient (Wildman–Crippen LogP) is 3.16. The summed E-state index contributed by atoms with van der Waals surface area (Å²) in [4.78, 5) is 61.2. The molecule has 0 radical (unpaired) electrons. The van der Waals surface area contributed by atoms with Crippen molar-refractivity contribution >= 4 is 35.0 Å². The summed E-state index contributed by atoms with van der Waals surface area (Å²) in [5, 5.41) is 12.7. The highest BCUT2D eigenvalue weighted by molar-refractivity contribution is 7.09. The zero-order valence-electron chi connectivity index (χ0n) is 27.1. The summed E-state index contributed by atoms with van der Waals surface area (Å²) >= 11 is 1.51. The van der Waals surface area contributed by atoms with Gasteiger partial charge in [0.1, 0.15) is 17.9 Å². The minimum absolute atomic E-state index is 0.0328. The van der Waals surface area contributed by atoms with Crippen LogP contribution in [0.1, 0.15) is 76.3 Å². The molecule has 4 amide bonds. The maximum Gasteiger partial charge on any atom is 0.276 e. The average Bonchev–Trinajstić information content (AvgIpc) is 3.81. The Morgan fingerprint density at radius 3 is 2.68 bits per heavy atom. The topological polar surface area (TPSA) is 156 Å². The van der Waals surface area contributed by atoms with Crippen molar-refractivity contribution in [1.29, 1.82) is 0 Å². The second-order valence-corrected chi connectivity index (χ2v) is 12.8. The van der Waals surface area contributed by atoms with Crippen molar-refractivity contribution in [3.8, 4) is 11.5 Å². The van der Waals surface area contributed by atoms with Crippen LogP contribution in [0.4, 0.5) is 0 Å². The van der Waals surface area contributed by atoms with Crippen molar-refractivity contribution in [3.05, 3.63) is 57.4 Å². The van der Waals surface area contributed by atoms with E-state index in [1.165, 1.54) is 23.3 Å². The zero-order chi connectivity index (χ0) is 33.3. The number of aryl methyl sites for hydroxylation is 2. The number of thiazole rings is 1. The highest BCUT2D eigenvalue weighted by Gasteiger charge is 2.42. The molecule has 2 aromatic heterocycles. The second-order valence-electron chi connectivity index (χ2n) is 11.8. The Kier molecular flexibility index (Phi) is 11.5. The zero-order valence-corrected chi connectivity index (χ0v) is 27.9. The molecule has 0 aliphatic carbocycles. The number of carbonyl (C=O) groups is 4. The number of benzene rings is 1. The van der Waals surface area contributed by atoms with Gasteiger partial charge < -0.3 is 34.4 Å². The molecule has 47 heavy (non-hydrogen) atoms. The number of ether oxygens (including phenoxy) is 2. The molecule has 4 bridgehead atoms. The summed E-state index contributed by atoms with van der Waals surface area (Å²) in [6.45, 7) is 5.77. The van der Waals surface area contributed by atoms with Gasteiger partial charge in [0.15, 0.2) is 17.2 Å². The Morgan fingerprint density at radius 2 is 1.91 bits per heavy atom. The predicted molar refractivity (Wildman–Crippen MR) is 174 cm³/mol. The summed E-state index contributed by atoms with van der Waals surface area (Å²) in [6.07, 6.45) is 3.25. The Morgan fingerprint density at radius 1 is 1.11 bits per heavy atom. The second kappa shape index (κ2) is 15.9. The number of hydrogen-bond donors (Lipinski definition) is 2. The number of nitrogens with one attached hydrogen (secondary N) is 2. The van der Waals surface area contributed by atoms with Crippen molar-refractivity contribution in [2.24, 2.45) is 0 Å². The smallest absolute Gasteiger partial charge is 0.276 e. The number of hydrogen-bond acceptors (Lipinski definition) is 10. The number of rotatable bonds is 6. The third-order valence-corrected chi connectivity index (χ3v) is 9.04. The lowest BCUT2D eigenvalue weighted by Gasteiger charge is -2.24. The van der Waals surface area contributed by atoms with Gasteiger partial charge in [-0.3, -0.25) is 19.2 Å². The highest BCUT2D eigenvalue weighted by atomic mass is 32.1. The Hall–Kier alpha value is -4.46. The maximum atomic E-state index is 13.6. The molecule has 14 heteroatoms. The van der Waals surface area contributed by atoms with Crippen LogP contribution < -0.4 is 20.1 Å². The quantitative estimate of drug-likeness (QED) is 0.404. The summed E-state index contributed by atoms with van der Waals surface area (Å²) in [7, 11) is 1.51. The SMILES string of the molecule is CCCc1cc(C(=O)N2C[C@@H]3C[C@H]2C(=O)NCCCCN(C(=O)Cc2csc(C)n2)CCCNC(=O)c2ccc(OC)c(c2)O3)no1. The lowest BCUT2D eigenvalue weighted by atomic mass is 10.1. The third kappa shape index (κ3) is 8.67. The van der Waals surface area contributed by atoms with Gasteiger partial charge in [0.05, 0.1) is 30.8 Å². The van der Waals surface area contributed by atoms with Crippen LogP contribution in [0, 0.1) is 6.92 Å². The van der Waals surface area contributed by atoms with Crippen molar-refractivity contribution in [3.63, 3.8) is 0 Å². The summed E-state index contributed by atoms with van der Waals surface area (Å²) < 4.78 is 17.2. The minimum Gasteiger partial charge on any atom is -0.493 e. The van der Waals surface area contributed by atoms with Gasteiger partial charge in [-0.1, -0.05) is 12.1 Å². The fourth-order valence-corrected chi connectivity index (χ4v) is 6.43. The van der Waals surface area contributed by atoms with Gasteiger partial charge in [-0.15, -0.1) is 11.3 Å². The Balaban J connectivity index is 1.35. The number of methoxy groups -OCH3 is 1. The number of carbonyl (C=O) groups excluding carboxylic acids is 4. The molecule has 2 atom stereocenters. The molecule has 1 aromatic carbocycles. The van der Waals surface area contributed by atoms with E-state index >= 15 is 0 Å². The molecule has 2 aliphatic rings. The van der Waals surface area contributed by atoms with Crippen LogP contribution >= 0.6 is 11.3 Å². The van der Waals surface area contributed by atoms with Crippen molar-refractivity contribution < 1.29 is 33.2 Å². The van der Waals surface area contributed by atoms with Crippen LogP contribution in [0.5, 0.6) is 11.5 Å². The number of amides is 4. The molecule has 13 nitrogen and oxygen atoms in total. The summed E-state index contributed by atoms with van der Waals surface area (Å²) in [5.41, 5.74) is 1.25. The largest absolute Gasteiger partial charge is 0.493 e. The lowest BCUT2D eigenvalue weighted by Crippen LogP contribution is -2.46. The Labute approximate surface area is 278 Å². The molecule has 0 saturated carbocycles. The molecule has 0 unspecified atom stereocenters. The molecular formula is C33H42N6O7S. The molecule has 5 rings (SSSR count). The van der Waals surface area contributed by atoms with Gasteiger partial charge in [-0.2, -0.15) is 0 Å². The first kappa shape index (κ1) is 33.9. The van der Waals surface area contributed by atoms with E-state index in [0.717, 1.165) is 17.1 Å². The van der Waals surface area contributed by atoms with Crippen LogP contribution in [-0.2, 0) is 22.4 Å². The van der Waals surface area contributed by atoms with Crippen LogP contribution in [0.3, 0.4) is 0 Å². The first-order chi connectivity index (χ1) is 22.7. The molecule has 1 saturated heterocycles. The van der Waals surface area contributed by atoms with E-state index in [0.29, 0.717) is 74.7 Å². The van der Waals surface area contributed by atoms with E-state index < -0.39 is 18.1 Å². The molecule has 252 valence electrons. The average molecular weight is 667 g/mol. The number of aromatic nitrogens is 2. The van der Waals surface area contributed by atoms with Crippen molar-refractivity contribution in [2.75, 3.05) is 39.8 Å². The van der Waals surface area contributed by atoms with Gasteiger partial charge in [0, 0.05) is 56.0 Å². The van der Waals surface area contributed by atoms with Crippen LogP contribution in [-0.4, -0.2) is 95.5 Å². The summed E-state index contributed by atoms with van der Waals surface area (Å²) in [5.74, 6) is 0.308. The van der Waals surface area contributed by atoms with Gasteiger partial charge >= 0.3 is 0 Å². The van der Waals surface area contributed by atoms with Crippen LogP contribution in [0.15, 0.2) is 34.2 Å². The first-order valence-electron chi connectivity index (χ1n) is 16.1. The van der Waals surface area contributed by atoms with E-state index in [4.69, 9.17) is 14.0 Å². The first-order valence-corrected chi connectivity index (χ1v) is 17.0. The highest BCUT2D eigenvalue weighted by Crippen LogP contribution is 2.32. The fourth-order valence-electron chi connectivity index (χ4n) is 5.82. The monoisotopic (exact) mass is 666 g/mol. The molecule has 2 N–H and O–H groups in total. The van der Waals surface area contributed by atoms with Gasteiger partial charge in [0.25, 0.3) is 11.8 Å². The molecule has 1 fully saturated rings. The summed E-state index contributed by atoms with van der Waals surface area (Å²) in [6, 6.07) is 5.71. The van der Waals surface area contributed by atoms with Gasteiger partial charge in [-0.05, 0) is 50.8 Å². The minimum atomic E-state index is -0.807. The molecule has 4 heterocycles. The van der Waals surface area contributed by atoms with E-state index in [-0.39, 0.29) is 42.8 Å². The maximum absolute atomic E-state index is 13.6. The number of fused-ring (bicyclic) bond motifs is 4. The molecule has 2 aliphatic heterocycles. The normalized spacial score (nSPS) is 19.6. The van der Waals surface area contributed by atoms with E-state index in [1.54, 1.807) is 29.2 Å². The number of likely N-dealkylation sites (tertiary alicyclic amines) is 1. The van der Waals surface area contributed by atoms with Crippen molar-refractivity contribution in [2.45, 2.75) is 70.9 Å². The van der Waals surface area contributed by atoms with Crippen LogP contribution in [0.25, 0.3) is 0 Å².